The summed E-state index contributed by atoms with van der Waals surface area (Å²) in [5.74, 6) is -0.581. The summed E-state index contributed by atoms with van der Waals surface area (Å²) in [5.41, 5.74) is 0.491. The Labute approximate surface area is 206 Å². The summed E-state index contributed by atoms with van der Waals surface area (Å²) < 4.78 is 24.0. The highest BCUT2D eigenvalue weighted by molar-refractivity contribution is 6.74. The minimum Gasteiger partial charge on any atom is -0.458 e. The molecule has 34 heavy (non-hydrogen) atoms. The van der Waals surface area contributed by atoms with E-state index >= 15 is 0 Å². The summed E-state index contributed by atoms with van der Waals surface area (Å²) in [6.45, 7) is 18.5. The average Bonchev–Trinajstić information content (AvgIpc) is 2.72. The van der Waals surface area contributed by atoms with Gasteiger partial charge in [-0.2, -0.15) is 0 Å². The summed E-state index contributed by atoms with van der Waals surface area (Å²) in [5, 5.41) is 2.59. The van der Waals surface area contributed by atoms with E-state index in [1.54, 1.807) is 20.8 Å². The van der Waals surface area contributed by atoms with E-state index in [0.29, 0.717) is 6.61 Å². The predicted octanol–water partition coefficient (Wildman–Crippen LogP) is 5.09. The second kappa shape index (κ2) is 11.2. The Morgan fingerprint density at radius 3 is 2.26 bits per heavy atom. The number of esters is 1. The van der Waals surface area contributed by atoms with Crippen LogP contribution in [0.2, 0.25) is 18.1 Å². The van der Waals surface area contributed by atoms with Gasteiger partial charge in [-0.1, -0.05) is 51.1 Å². The van der Waals surface area contributed by atoms with Crippen LogP contribution in [0.25, 0.3) is 0 Å². The molecule has 0 aromatic heterocycles. The number of cyclic esters (lactones) is 1. The van der Waals surface area contributed by atoms with Crippen LogP contribution in [0.5, 0.6) is 0 Å². The molecule has 1 amide bonds. The smallest absolute Gasteiger partial charge is 0.408 e. The molecule has 1 aliphatic heterocycles. The lowest BCUT2D eigenvalue weighted by Gasteiger charge is -2.42. The lowest BCUT2D eigenvalue weighted by atomic mass is 9.92. The summed E-state index contributed by atoms with van der Waals surface area (Å²) in [6.07, 6.45) is -0.809. The Bertz CT molecular complexity index is 815. The largest absolute Gasteiger partial charge is 0.458 e. The molecule has 2 rings (SSSR count). The van der Waals surface area contributed by atoms with Crippen LogP contribution in [0.3, 0.4) is 0 Å². The van der Waals surface area contributed by atoms with E-state index in [4.69, 9.17) is 18.6 Å². The van der Waals surface area contributed by atoms with Crippen molar-refractivity contribution in [1.29, 1.82) is 0 Å². The molecule has 1 heterocycles. The van der Waals surface area contributed by atoms with Crippen molar-refractivity contribution in [3.8, 4) is 0 Å². The van der Waals surface area contributed by atoms with E-state index in [0.717, 1.165) is 6.42 Å². The zero-order chi connectivity index (χ0) is 25.7. The zero-order valence-corrected chi connectivity index (χ0v) is 23.3. The molecule has 8 heteroatoms. The molecule has 0 bridgehead atoms. The lowest BCUT2D eigenvalue weighted by Crippen LogP contribution is -2.51. The van der Waals surface area contributed by atoms with Crippen molar-refractivity contribution >= 4 is 20.4 Å². The number of hydrogen-bond acceptors (Lipinski definition) is 6. The SMILES string of the molecule is C[C@@H]1OC(=O)[C@@H](NC(=O)OC(C)(C)C)COC[C@H](Cc2ccccc2)[C@H]1O[Si](C)(C)C(C)(C)C. The molecule has 4 atom stereocenters. The van der Waals surface area contributed by atoms with Crippen LogP contribution in [-0.2, 0) is 29.9 Å². The van der Waals surface area contributed by atoms with Gasteiger partial charge < -0.3 is 24.0 Å². The van der Waals surface area contributed by atoms with E-state index < -0.39 is 38.1 Å². The second-order valence-electron chi connectivity index (χ2n) is 11.7. The van der Waals surface area contributed by atoms with Gasteiger partial charge in [0, 0.05) is 5.92 Å². The Kier molecular flexibility index (Phi) is 9.35. The van der Waals surface area contributed by atoms with Crippen LogP contribution in [0.15, 0.2) is 30.3 Å². The molecular formula is C26H43NO6Si. The minimum absolute atomic E-state index is 0.00288. The summed E-state index contributed by atoms with van der Waals surface area (Å²) >= 11 is 0. The first kappa shape index (κ1) is 28.3. The highest BCUT2D eigenvalue weighted by Gasteiger charge is 2.44. The van der Waals surface area contributed by atoms with Crippen molar-refractivity contribution in [3.63, 3.8) is 0 Å². The number of carbonyl (C=O) groups is 2. The molecular weight excluding hydrogens is 450 g/mol. The van der Waals surface area contributed by atoms with E-state index in [9.17, 15) is 9.59 Å². The molecule has 1 fully saturated rings. The first-order chi connectivity index (χ1) is 15.6. The van der Waals surface area contributed by atoms with Crippen molar-refractivity contribution in [2.45, 2.75) is 96.9 Å². The van der Waals surface area contributed by atoms with Crippen molar-refractivity contribution in [2.75, 3.05) is 13.2 Å². The van der Waals surface area contributed by atoms with Crippen LogP contribution in [0.4, 0.5) is 4.79 Å². The first-order valence-electron chi connectivity index (χ1n) is 12.1. The van der Waals surface area contributed by atoms with Gasteiger partial charge in [-0.05, 0) is 57.8 Å². The van der Waals surface area contributed by atoms with Gasteiger partial charge in [-0.3, -0.25) is 0 Å². The van der Waals surface area contributed by atoms with Gasteiger partial charge >= 0.3 is 12.1 Å². The number of nitrogens with one attached hydrogen (secondary N) is 1. The second-order valence-corrected chi connectivity index (χ2v) is 16.4. The predicted molar refractivity (Wildman–Crippen MR) is 135 cm³/mol. The Balaban J connectivity index is 2.28. The van der Waals surface area contributed by atoms with Crippen molar-refractivity contribution in [3.05, 3.63) is 35.9 Å². The fourth-order valence-corrected chi connectivity index (χ4v) is 4.99. The molecule has 0 saturated carbocycles. The van der Waals surface area contributed by atoms with Gasteiger partial charge in [0.1, 0.15) is 11.7 Å². The average molecular weight is 494 g/mol. The molecule has 192 valence electrons. The number of alkyl carbamates (subject to hydrolysis) is 1. The fraction of sp³-hybridized carbons (Fsp3) is 0.692. The molecule has 1 aromatic carbocycles. The third-order valence-corrected chi connectivity index (χ3v) is 10.9. The topological polar surface area (TPSA) is 83.1 Å². The summed E-state index contributed by atoms with van der Waals surface area (Å²) in [6, 6.07) is 9.23. The minimum atomic E-state index is -2.18. The van der Waals surface area contributed by atoms with E-state index in [-0.39, 0.29) is 23.7 Å². The fourth-order valence-electron chi connectivity index (χ4n) is 3.57. The molecule has 1 N–H and O–H groups in total. The number of amides is 1. The summed E-state index contributed by atoms with van der Waals surface area (Å²) in [7, 11) is -2.18. The summed E-state index contributed by atoms with van der Waals surface area (Å²) in [4.78, 5) is 25.3. The lowest BCUT2D eigenvalue weighted by molar-refractivity contribution is -0.156. The molecule has 0 radical (unpaired) electrons. The van der Waals surface area contributed by atoms with Crippen LogP contribution < -0.4 is 5.32 Å². The van der Waals surface area contributed by atoms with Gasteiger partial charge in [0.2, 0.25) is 0 Å². The molecule has 1 aliphatic rings. The molecule has 0 unspecified atom stereocenters. The number of rotatable bonds is 5. The maximum atomic E-state index is 13.0. The van der Waals surface area contributed by atoms with Gasteiger partial charge in [-0.25, -0.2) is 9.59 Å². The van der Waals surface area contributed by atoms with Crippen molar-refractivity contribution < 1.29 is 28.2 Å². The Morgan fingerprint density at radius 1 is 1.09 bits per heavy atom. The molecule has 0 spiro atoms. The highest BCUT2D eigenvalue weighted by atomic mass is 28.4. The first-order valence-corrected chi connectivity index (χ1v) is 15.0. The number of ether oxygens (including phenoxy) is 3. The number of hydrogen-bond donors (Lipinski definition) is 1. The molecule has 0 aliphatic carbocycles. The zero-order valence-electron chi connectivity index (χ0n) is 22.3. The monoisotopic (exact) mass is 493 g/mol. The van der Waals surface area contributed by atoms with E-state index in [1.807, 2.05) is 25.1 Å². The van der Waals surface area contributed by atoms with E-state index in [2.05, 4.69) is 51.3 Å². The third-order valence-electron chi connectivity index (χ3n) is 6.40. The molecule has 1 saturated heterocycles. The standard InChI is InChI=1S/C26H43NO6Si/c1-18-22(33-34(8,9)26(5,6)7)20(15-19-13-11-10-12-14-19)16-30-17-21(23(28)31-18)27-24(29)32-25(2,3)4/h10-14,18,20-22H,15-17H2,1-9H3,(H,27,29)/t18-,20-,21-,22-/m0/s1. The van der Waals surface area contributed by atoms with Crippen LogP contribution in [0.1, 0.15) is 54.0 Å². The third kappa shape index (κ3) is 8.39. The van der Waals surface area contributed by atoms with Gasteiger partial charge in [-0.15, -0.1) is 0 Å². The highest BCUT2D eigenvalue weighted by Crippen LogP contribution is 2.39. The molecule has 7 nitrogen and oxygen atoms in total. The number of benzene rings is 1. The Morgan fingerprint density at radius 2 is 1.71 bits per heavy atom. The maximum absolute atomic E-state index is 13.0. The Hall–Kier alpha value is -1.90. The van der Waals surface area contributed by atoms with Crippen LogP contribution in [0, 0.1) is 5.92 Å². The van der Waals surface area contributed by atoms with Gasteiger partial charge in [0.15, 0.2) is 14.4 Å². The van der Waals surface area contributed by atoms with Crippen molar-refractivity contribution in [1.82, 2.24) is 5.32 Å². The normalized spacial score (nSPS) is 24.9. The molecule has 1 aromatic rings. The van der Waals surface area contributed by atoms with Crippen LogP contribution in [-0.4, -0.2) is 57.4 Å². The maximum Gasteiger partial charge on any atom is 0.408 e. The number of carbonyl (C=O) groups excluding carboxylic acids is 2. The van der Waals surface area contributed by atoms with Gasteiger partial charge in [0.05, 0.1) is 19.3 Å². The van der Waals surface area contributed by atoms with Gasteiger partial charge in [0.25, 0.3) is 0 Å². The van der Waals surface area contributed by atoms with Crippen molar-refractivity contribution in [2.24, 2.45) is 5.92 Å². The van der Waals surface area contributed by atoms with E-state index in [1.165, 1.54) is 5.56 Å². The quantitative estimate of drug-likeness (QED) is 0.454. The van der Waals surface area contributed by atoms with Crippen LogP contribution >= 0.6 is 0 Å².